The monoisotopic (exact) mass is 336 g/mol. The summed E-state index contributed by atoms with van der Waals surface area (Å²) in [6, 6.07) is 11.8. The van der Waals surface area contributed by atoms with Crippen molar-refractivity contribution in [1.82, 2.24) is 15.6 Å². The van der Waals surface area contributed by atoms with Crippen LogP contribution in [0.1, 0.15) is 28.5 Å². The molecule has 2 aromatic carbocycles. The first-order valence-corrected chi connectivity index (χ1v) is 7.59. The maximum Gasteiger partial charge on any atom is 0.292 e. The van der Waals surface area contributed by atoms with Gasteiger partial charge < -0.3 is 5.11 Å². The van der Waals surface area contributed by atoms with E-state index >= 15 is 0 Å². The lowest BCUT2D eigenvalue weighted by molar-refractivity contribution is 0.0950. The summed E-state index contributed by atoms with van der Waals surface area (Å²) in [5, 5.41) is 20.9. The highest BCUT2D eigenvalue weighted by Gasteiger charge is 2.14. The van der Waals surface area contributed by atoms with Gasteiger partial charge in [0.05, 0.1) is 11.1 Å². The number of phenolic OH excluding ortho intramolecular Hbond substituents is 1. The summed E-state index contributed by atoms with van der Waals surface area (Å²) in [6.45, 7) is 3.57. The number of carbonyl (C=O) groups is 1. The molecule has 0 saturated carbocycles. The van der Waals surface area contributed by atoms with Crippen LogP contribution in [0.5, 0.6) is 5.75 Å². The third-order valence-electron chi connectivity index (χ3n) is 3.78. The molecule has 0 radical (unpaired) electrons. The van der Waals surface area contributed by atoms with Gasteiger partial charge in [0.15, 0.2) is 5.69 Å². The van der Waals surface area contributed by atoms with Crippen molar-refractivity contribution in [3.8, 4) is 5.75 Å². The third kappa shape index (κ3) is 3.25. The van der Waals surface area contributed by atoms with Gasteiger partial charge in [-0.25, -0.2) is 10.5 Å². The zero-order valence-electron chi connectivity index (χ0n) is 13.7. The zero-order chi connectivity index (χ0) is 18.0. The molecule has 1 heterocycles. The number of hydrogen-bond donors (Lipinski definition) is 3. The maximum absolute atomic E-state index is 12.4. The molecule has 0 bridgehead atoms. The Morgan fingerprint density at radius 3 is 2.68 bits per heavy atom. The standard InChI is InChI=1S/C18H16N4O3/c1-10-7-8-15(23)14(9-10)11(2)19-22-18(25)16-12-5-3-4-6-13(12)17(24)21-20-16/h3-9,23H,1-2H3,(H,21,24)(H,22,25)/b19-11+. The van der Waals surface area contributed by atoms with E-state index in [0.29, 0.717) is 22.0 Å². The summed E-state index contributed by atoms with van der Waals surface area (Å²) in [7, 11) is 0. The van der Waals surface area contributed by atoms with Crippen LogP contribution in [0.15, 0.2) is 52.4 Å². The van der Waals surface area contributed by atoms with Crippen molar-refractivity contribution in [1.29, 1.82) is 0 Å². The Morgan fingerprint density at radius 2 is 1.92 bits per heavy atom. The minimum absolute atomic E-state index is 0.0696. The van der Waals surface area contributed by atoms with Crippen LogP contribution >= 0.6 is 0 Å². The van der Waals surface area contributed by atoms with Gasteiger partial charge in [0.2, 0.25) is 0 Å². The van der Waals surface area contributed by atoms with Crippen molar-refractivity contribution in [2.45, 2.75) is 13.8 Å². The van der Waals surface area contributed by atoms with E-state index in [1.54, 1.807) is 49.4 Å². The Morgan fingerprint density at radius 1 is 1.20 bits per heavy atom. The SMILES string of the molecule is C/C(=N\NC(=O)c1n[nH]c(=O)c2ccccc12)c1cc(C)ccc1O. The molecule has 3 rings (SSSR count). The van der Waals surface area contributed by atoms with Crippen molar-refractivity contribution >= 4 is 22.4 Å². The van der Waals surface area contributed by atoms with Crippen LogP contribution in [0.2, 0.25) is 0 Å². The minimum atomic E-state index is -0.557. The summed E-state index contributed by atoms with van der Waals surface area (Å²) < 4.78 is 0. The largest absolute Gasteiger partial charge is 0.507 e. The van der Waals surface area contributed by atoms with E-state index in [-0.39, 0.29) is 17.0 Å². The molecular formula is C18H16N4O3. The van der Waals surface area contributed by atoms with Crippen molar-refractivity contribution in [3.63, 3.8) is 0 Å². The van der Waals surface area contributed by atoms with E-state index < -0.39 is 5.91 Å². The lowest BCUT2D eigenvalue weighted by atomic mass is 10.1. The fourth-order valence-electron chi connectivity index (χ4n) is 2.48. The lowest BCUT2D eigenvalue weighted by Gasteiger charge is -2.07. The molecule has 1 aromatic heterocycles. The highest BCUT2D eigenvalue weighted by Crippen LogP contribution is 2.19. The Labute approximate surface area is 143 Å². The predicted octanol–water partition coefficient (Wildman–Crippen LogP) is 2.09. The van der Waals surface area contributed by atoms with Gasteiger partial charge in [0.1, 0.15) is 5.75 Å². The van der Waals surface area contributed by atoms with E-state index in [4.69, 9.17) is 0 Å². The van der Waals surface area contributed by atoms with Crippen LogP contribution in [0.3, 0.4) is 0 Å². The number of aryl methyl sites for hydroxylation is 1. The highest BCUT2D eigenvalue weighted by atomic mass is 16.3. The van der Waals surface area contributed by atoms with E-state index in [2.05, 4.69) is 20.7 Å². The first-order chi connectivity index (χ1) is 12.0. The van der Waals surface area contributed by atoms with Crippen molar-refractivity contribution in [3.05, 3.63) is 69.6 Å². The van der Waals surface area contributed by atoms with Gasteiger partial charge in [-0.05, 0) is 32.0 Å². The summed E-state index contributed by atoms with van der Waals surface area (Å²) in [5.74, 6) is -0.479. The maximum atomic E-state index is 12.4. The Balaban J connectivity index is 1.92. The molecule has 25 heavy (non-hydrogen) atoms. The van der Waals surface area contributed by atoms with Crippen LogP contribution in [0.4, 0.5) is 0 Å². The minimum Gasteiger partial charge on any atom is -0.507 e. The lowest BCUT2D eigenvalue weighted by Crippen LogP contribution is -2.23. The number of rotatable bonds is 3. The van der Waals surface area contributed by atoms with Gasteiger partial charge in [-0.1, -0.05) is 29.8 Å². The normalized spacial score (nSPS) is 11.5. The van der Waals surface area contributed by atoms with E-state index in [1.165, 1.54) is 0 Å². The molecule has 126 valence electrons. The Bertz CT molecular complexity index is 1050. The number of phenols is 1. The number of benzene rings is 2. The molecule has 0 spiro atoms. The summed E-state index contributed by atoms with van der Waals surface area (Å²) in [6.07, 6.45) is 0. The van der Waals surface area contributed by atoms with Gasteiger partial charge >= 0.3 is 0 Å². The van der Waals surface area contributed by atoms with E-state index in [9.17, 15) is 14.7 Å². The number of amides is 1. The Kier molecular flexibility index (Phi) is 4.30. The molecule has 3 aromatic rings. The van der Waals surface area contributed by atoms with Gasteiger partial charge in [-0.3, -0.25) is 9.59 Å². The van der Waals surface area contributed by atoms with Crippen LogP contribution in [0.25, 0.3) is 10.8 Å². The number of aromatic nitrogens is 2. The molecule has 0 atom stereocenters. The van der Waals surface area contributed by atoms with Crippen LogP contribution in [-0.4, -0.2) is 26.9 Å². The molecular weight excluding hydrogens is 320 g/mol. The van der Waals surface area contributed by atoms with Gasteiger partial charge in [0.25, 0.3) is 11.5 Å². The summed E-state index contributed by atoms with van der Waals surface area (Å²) in [5.41, 5.74) is 4.05. The average Bonchev–Trinajstić information content (AvgIpc) is 2.62. The number of H-pyrrole nitrogens is 1. The topological polar surface area (TPSA) is 107 Å². The molecule has 0 aliphatic rings. The molecule has 0 unspecified atom stereocenters. The summed E-state index contributed by atoms with van der Waals surface area (Å²) >= 11 is 0. The first kappa shape index (κ1) is 16.4. The quantitative estimate of drug-likeness (QED) is 0.503. The fraction of sp³-hybridized carbons (Fsp3) is 0.111. The van der Waals surface area contributed by atoms with Crippen LogP contribution in [0, 0.1) is 6.92 Å². The second-order valence-electron chi connectivity index (χ2n) is 5.61. The second kappa shape index (κ2) is 6.56. The number of nitrogens with zero attached hydrogens (tertiary/aromatic N) is 2. The average molecular weight is 336 g/mol. The number of hydrazone groups is 1. The summed E-state index contributed by atoms with van der Waals surface area (Å²) in [4.78, 5) is 24.2. The predicted molar refractivity (Wildman–Crippen MR) is 94.9 cm³/mol. The molecule has 0 fully saturated rings. The van der Waals surface area contributed by atoms with Crippen molar-refractivity contribution in [2.24, 2.45) is 5.10 Å². The number of carbonyl (C=O) groups excluding carboxylic acids is 1. The molecule has 3 N–H and O–H groups in total. The number of aromatic amines is 1. The van der Waals surface area contributed by atoms with Crippen molar-refractivity contribution in [2.75, 3.05) is 0 Å². The number of fused-ring (bicyclic) bond motifs is 1. The number of nitrogens with one attached hydrogen (secondary N) is 2. The Hall–Kier alpha value is -3.48. The fourth-order valence-corrected chi connectivity index (χ4v) is 2.48. The van der Waals surface area contributed by atoms with Crippen molar-refractivity contribution < 1.29 is 9.90 Å². The van der Waals surface area contributed by atoms with E-state index in [0.717, 1.165) is 5.56 Å². The van der Waals surface area contributed by atoms with Gasteiger partial charge in [-0.15, -0.1) is 0 Å². The molecule has 1 amide bonds. The second-order valence-corrected chi connectivity index (χ2v) is 5.61. The molecule has 7 heteroatoms. The number of aromatic hydroxyl groups is 1. The molecule has 0 aliphatic heterocycles. The third-order valence-corrected chi connectivity index (χ3v) is 3.78. The zero-order valence-corrected chi connectivity index (χ0v) is 13.7. The van der Waals surface area contributed by atoms with Crippen LogP contribution < -0.4 is 11.0 Å². The van der Waals surface area contributed by atoms with E-state index in [1.807, 2.05) is 6.92 Å². The first-order valence-electron chi connectivity index (χ1n) is 7.59. The molecule has 0 aliphatic carbocycles. The number of hydrogen-bond acceptors (Lipinski definition) is 5. The highest BCUT2D eigenvalue weighted by molar-refractivity contribution is 6.06. The smallest absolute Gasteiger partial charge is 0.292 e. The van der Waals surface area contributed by atoms with Gasteiger partial charge in [0, 0.05) is 10.9 Å². The molecule has 7 nitrogen and oxygen atoms in total. The van der Waals surface area contributed by atoms with Crippen LogP contribution in [-0.2, 0) is 0 Å². The van der Waals surface area contributed by atoms with Gasteiger partial charge in [-0.2, -0.15) is 10.2 Å². The molecule has 0 saturated heterocycles.